The smallest absolute Gasteiger partial charge is 0.0417 e. The minimum absolute atomic E-state index is 1.04. The first-order valence-electron chi connectivity index (χ1n) is 5.00. The standard InChI is InChI=1S/C14H14N/c1-11-7-9-12(10-8-11)13-5-3-4-6-14(13)15-2/h3-10,15H,1H2,2H3. The maximum Gasteiger partial charge on any atom is 0.0417 e. The highest BCUT2D eigenvalue weighted by atomic mass is 14.8. The van der Waals surface area contributed by atoms with Crippen LogP contribution in [0.2, 0.25) is 0 Å². The molecule has 0 fully saturated rings. The molecule has 0 bridgehead atoms. The average Bonchev–Trinajstić information content (AvgIpc) is 2.30. The van der Waals surface area contributed by atoms with Crippen molar-refractivity contribution in [3.05, 3.63) is 61.0 Å². The second-order valence-corrected chi connectivity index (χ2v) is 3.49. The average molecular weight is 196 g/mol. The third-order valence-electron chi connectivity index (χ3n) is 2.46. The van der Waals surface area contributed by atoms with Crippen molar-refractivity contribution in [2.45, 2.75) is 0 Å². The molecule has 1 heteroatoms. The van der Waals surface area contributed by atoms with Gasteiger partial charge in [0.15, 0.2) is 0 Å². The number of benzene rings is 2. The Balaban J connectivity index is 2.49. The molecular weight excluding hydrogens is 182 g/mol. The Bertz CT molecular complexity index is 443. The van der Waals surface area contributed by atoms with Crippen LogP contribution < -0.4 is 5.32 Å². The lowest BCUT2D eigenvalue weighted by Gasteiger charge is -2.08. The van der Waals surface area contributed by atoms with Gasteiger partial charge >= 0.3 is 0 Å². The molecule has 0 amide bonds. The molecule has 0 aromatic heterocycles. The van der Waals surface area contributed by atoms with Crippen molar-refractivity contribution in [3.63, 3.8) is 0 Å². The summed E-state index contributed by atoms with van der Waals surface area (Å²) in [5, 5.41) is 3.19. The summed E-state index contributed by atoms with van der Waals surface area (Å²) in [7, 11) is 1.94. The molecule has 0 atom stereocenters. The van der Waals surface area contributed by atoms with Crippen LogP contribution >= 0.6 is 0 Å². The van der Waals surface area contributed by atoms with E-state index in [0.717, 1.165) is 11.3 Å². The maximum absolute atomic E-state index is 3.88. The fourth-order valence-corrected chi connectivity index (χ4v) is 1.64. The zero-order valence-corrected chi connectivity index (χ0v) is 8.83. The molecule has 0 aliphatic rings. The Morgan fingerprint density at radius 3 is 2.27 bits per heavy atom. The topological polar surface area (TPSA) is 12.0 Å². The van der Waals surface area contributed by atoms with E-state index in [4.69, 9.17) is 0 Å². The number of hydrogen-bond acceptors (Lipinski definition) is 1. The first-order valence-corrected chi connectivity index (χ1v) is 5.00. The van der Waals surface area contributed by atoms with Crippen LogP contribution in [0.5, 0.6) is 0 Å². The van der Waals surface area contributed by atoms with E-state index in [0.29, 0.717) is 0 Å². The van der Waals surface area contributed by atoms with Gasteiger partial charge in [-0.3, -0.25) is 0 Å². The van der Waals surface area contributed by atoms with Crippen molar-refractivity contribution in [1.29, 1.82) is 0 Å². The van der Waals surface area contributed by atoms with Crippen LogP contribution in [0, 0.1) is 6.92 Å². The van der Waals surface area contributed by atoms with Gasteiger partial charge < -0.3 is 5.32 Å². The molecule has 0 spiro atoms. The Kier molecular flexibility index (Phi) is 2.72. The van der Waals surface area contributed by atoms with Gasteiger partial charge in [-0.15, -0.1) is 0 Å². The first-order chi connectivity index (χ1) is 7.31. The maximum atomic E-state index is 3.88. The Labute approximate surface area is 90.8 Å². The van der Waals surface area contributed by atoms with Crippen molar-refractivity contribution in [2.75, 3.05) is 12.4 Å². The normalized spacial score (nSPS) is 10.0. The van der Waals surface area contributed by atoms with E-state index in [1.54, 1.807) is 0 Å². The molecule has 2 aromatic rings. The van der Waals surface area contributed by atoms with Crippen molar-refractivity contribution in [1.82, 2.24) is 0 Å². The van der Waals surface area contributed by atoms with Crippen LogP contribution in [0.25, 0.3) is 11.1 Å². The molecule has 0 unspecified atom stereocenters. The summed E-state index contributed by atoms with van der Waals surface area (Å²) in [5.74, 6) is 0. The monoisotopic (exact) mass is 196 g/mol. The molecule has 0 saturated carbocycles. The second-order valence-electron chi connectivity index (χ2n) is 3.49. The van der Waals surface area contributed by atoms with Gasteiger partial charge in [0.1, 0.15) is 0 Å². The number of anilines is 1. The van der Waals surface area contributed by atoms with E-state index >= 15 is 0 Å². The van der Waals surface area contributed by atoms with Gasteiger partial charge in [0.2, 0.25) is 0 Å². The van der Waals surface area contributed by atoms with Crippen LogP contribution in [-0.2, 0) is 0 Å². The molecule has 0 saturated heterocycles. The largest absolute Gasteiger partial charge is 0.388 e. The Morgan fingerprint density at radius 1 is 0.933 bits per heavy atom. The van der Waals surface area contributed by atoms with Gasteiger partial charge in [-0.05, 0) is 24.1 Å². The summed E-state index contributed by atoms with van der Waals surface area (Å²) in [6.07, 6.45) is 0. The van der Waals surface area contributed by atoms with E-state index in [2.05, 4.69) is 36.5 Å². The lowest BCUT2D eigenvalue weighted by Crippen LogP contribution is -1.91. The SMILES string of the molecule is [CH2]c1ccc(-c2ccccc2NC)cc1. The number of hydrogen-bond donors (Lipinski definition) is 1. The molecule has 75 valence electrons. The molecule has 1 nitrogen and oxygen atoms in total. The Hall–Kier alpha value is -1.76. The number of rotatable bonds is 2. The lowest BCUT2D eigenvalue weighted by atomic mass is 10.0. The van der Waals surface area contributed by atoms with E-state index in [1.165, 1.54) is 11.1 Å². The van der Waals surface area contributed by atoms with Gasteiger partial charge in [-0.1, -0.05) is 42.5 Å². The predicted octanol–water partition coefficient (Wildman–Crippen LogP) is 3.58. The molecule has 0 aliphatic heterocycles. The van der Waals surface area contributed by atoms with Crippen LogP contribution in [0.4, 0.5) is 5.69 Å². The summed E-state index contributed by atoms with van der Waals surface area (Å²) in [6, 6.07) is 16.5. The lowest BCUT2D eigenvalue weighted by molar-refractivity contribution is 1.49. The summed E-state index contributed by atoms with van der Waals surface area (Å²) in [6.45, 7) is 3.88. The molecule has 1 radical (unpaired) electrons. The van der Waals surface area contributed by atoms with Gasteiger partial charge in [0.25, 0.3) is 0 Å². The third kappa shape index (κ3) is 2.01. The third-order valence-corrected chi connectivity index (χ3v) is 2.46. The molecule has 2 rings (SSSR count). The van der Waals surface area contributed by atoms with Crippen molar-refractivity contribution < 1.29 is 0 Å². The van der Waals surface area contributed by atoms with Crippen molar-refractivity contribution in [3.8, 4) is 11.1 Å². The second kappa shape index (κ2) is 4.18. The highest BCUT2D eigenvalue weighted by molar-refractivity contribution is 5.77. The fraction of sp³-hybridized carbons (Fsp3) is 0.0714. The van der Waals surface area contributed by atoms with Crippen LogP contribution in [-0.4, -0.2) is 7.05 Å². The summed E-state index contributed by atoms with van der Waals surface area (Å²) < 4.78 is 0. The highest BCUT2D eigenvalue weighted by Gasteiger charge is 2.01. The molecule has 15 heavy (non-hydrogen) atoms. The van der Waals surface area contributed by atoms with Crippen LogP contribution in [0.1, 0.15) is 5.56 Å². The van der Waals surface area contributed by atoms with Crippen molar-refractivity contribution in [2.24, 2.45) is 0 Å². The minimum atomic E-state index is 1.04. The van der Waals surface area contributed by atoms with Crippen LogP contribution in [0.15, 0.2) is 48.5 Å². The molecule has 2 aromatic carbocycles. The zero-order chi connectivity index (χ0) is 10.7. The summed E-state index contributed by atoms with van der Waals surface area (Å²) in [4.78, 5) is 0. The Morgan fingerprint density at radius 2 is 1.60 bits per heavy atom. The van der Waals surface area contributed by atoms with E-state index in [9.17, 15) is 0 Å². The quantitative estimate of drug-likeness (QED) is 0.774. The number of para-hydroxylation sites is 1. The van der Waals surface area contributed by atoms with E-state index in [1.807, 2.05) is 31.3 Å². The molecular formula is C14H14N. The fourth-order valence-electron chi connectivity index (χ4n) is 1.64. The van der Waals surface area contributed by atoms with E-state index < -0.39 is 0 Å². The minimum Gasteiger partial charge on any atom is -0.388 e. The predicted molar refractivity (Wildman–Crippen MR) is 65.9 cm³/mol. The van der Waals surface area contributed by atoms with Gasteiger partial charge in [0, 0.05) is 18.3 Å². The van der Waals surface area contributed by atoms with E-state index in [-0.39, 0.29) is 0 Å². The summed E-state index contributed by atoms with van der Waals surface area (Å²) >= 11 is 0. The zero-order valence-electron chi connectivity index (χ0n) is 8.83. The molecule has 0 heterocycles. The molecule has 1 N–H and O–H groups in total. The van der Waals surface area contributed by atoms with Gasteiger partial charge in [0.05, 0.1) is 0 Å². The van der Waals surface area contributed by atoms with Crippen molar-refractivity contribution >= 4 is 5.69 Å². The van der Waals surface area contributed by atoms with Gasteiger partial charge in [-0.2, -0.15) is 0 Å². The molecule has 0 aliphatic carbocycles. The highest BCUT2D eigenvalue weighted by Crippen LogP contribution is 2.27. The summed E-state index contributed by atoms with van der Waals surface area (Å²) in [5.41, 5.74) is 4.63. The first kappa shape index (κ1) is 9.78. The number of nitrogens with one attached hydrogen (secondary N) is 1. The van der Waals surface area contributed by atoms with Crippen LogP contribution in [0.3, 0.4) is 0 Å². The van der Waals surface area contributed by atoms with Gasteiger partial charge in [-0.25, -0.2) is 0 Å².